The Kier molecular flexibility index (Phi) is 51.1. The quantitative estimate of drug-likeness (QED) is 0.0344. The first-order valence-electron chi connectivity index (χ1n) is 28.9. The zero-order valence-corrected chi connectivity index (χ0v) is 43.8. The van der Waals surface area contributed by atoms with Gasteiger partial charge in [0.1, 0.15) is 13.2 Å². The van der Waals surface area contributed by atoms with E-state index >= 15 is 0 Å². The lowest BCUT2D eigenvalue weighted by atomic mass is 10.00. The first-order chi connectivity index (χ1) is 31.4. The Bertz CT molecular complexity index is 966. The lowest BCUT2D eigenvalue weighted by Gasteiger charge is -2.18. The Hall–Kier alpha value is -1.59. The van der Waals surface area contributed by atoms with Crippen LogP contribution < -0.4 is 0 Å². The van der Waals surface area contributed by atoms with Crippen LogP contribution in [0.1, 0.15) is 329 Å². The average molecular weight is 906 g/mol. The van der Waals surface area contributed by atoms with Crippen LogP contribution in [0.5, 0.6) is 0 Å². The summed E-state index contributed by atoms with van der Waals surface area (Å²) in [7, 11) is 0. The van der Waals surface area contributed by atoms with Gasteiger partial charge in [-0.25, -0.2) is 0 Å². The van der Waals surface area contributed by atoms with Crippen molar-refractivity contribution in [2.24, 2.45) is 5.92 Å². The van der Waals surface area contributed by atoms with Gasteiger partial charge in [-0.1, -0.05) is 291 Å². The summed E-state index contributed by atoms with van der Waals surface area (Å²) in [6.07, 6.45) is 56.7. The molecule has 0 radical (unpaired) electrons. The van der Waals surface area contributed by atoms with E-state index < -0.39 is 6.10 Å². The molecular formula is C58H112O6. The minimum atomic E-state index is -0.762. The molecule has 0 bridgehead atoms. The normalized spacial score (nSPS) is 12.4. The van der Waals surface area contributed by atoms with E-state index in [1.165, 1.54) is 225 Å². The monoisotopic (exact) mass is 905 g/mol. The fourth-order valence-electron chi connectivity index (χ4n) is 8.89. The van der Waals surface area contributed by atoms with Gasteiger partial charge in [0.2, 0.25) is 0 Å². The Labute approximate surface area is 399 Å². The minimum Gasteiger partial charge on any atom is -0.462 e. The number of hydrogen-bond donors (Lipinski definition) is 0. The van der Waals surface area contributed by atoms with Crippen molar-refractivity contribution in [1.29, 1.82) is 0 Å². The molecule has 0 spiro atoms. The highest BCUT2D eigenvalue weighted by Crippen LogP contribution is 2.18. The Morgan fingerprint density at radius 3 is 0.812 bits per heavy atom. The van der Waals surface area contributed by atoms with Crippen LogP contribution >= 0.6 is 0 Å². The third-order valence-electron chi connectivity index (χ3n) is 13.7. The molecule has 0 aliphatic heterocycles. The van der Waals surface area contributed by atoms with E-state index in [2.05, 4.69) is 27.7 Å². The highest BCUT2D eigenvalue weighted by molar-refractivity contribution is 5.71. The van der Waals surface area contributed by atoms with Gasteiger partial charge in [-0.3, -0.25) is 14.4 Å². The second kappa shape index (κ2) is 52.4. The molecule has 0 saturated carbocycles. The molecular weight excluding hydrogens is 793 g/mol. The van der Waals surface area contributed by atoms with Crippen LogP contribution in [0.2, 0.25) is 0 Å². The van der Waals surface area contributed by atoms with Crippen molar-refractivity contribution < 1.29 is 28.6 Å². The van der Waals surface area contributed by atoms with Crippen LogP contribution in [-0.4, -0.2) is 37.2 Å². The van der Waals surface area contributed by atoms with E-state index in [0.29, 0.717) is 19.3 Å². The molecule has 0 N–H and O–H groups in total. The Morgan fingerprint density at radius 2 is 0.547 bits per heavy atom. The summed E-state index contributed by atoms with van der Waals surface area (Å²) in [6.45, 7) is 9.03. The number of carbonyl (C=O) groups excluding carboxylic acids is 3. The number of esters is 3. The summed E-state index contributed by atoms with van der Waals surface area (Å²) in [4.78, 5) is 38.1. The minimum absolute atomic E-state index is 0.0628. The van der Waals surface area contributed by atoms with Crippen molar-refractivity contribution in [3.63, 3.8) is 0 Å². The summed E-state index contributed by atoms with van der Waals surface area (Å²) in [5.41, 5.74) is 0. The van der Waals surface area contributed by atoms with E-state index in [9.17, 15) is 14.4 Å². The first kappa shape index (κ1) is 62.4. The number of carbonyl (C=O) groups is 3. The molecule has 0 fully saturated rings. The molecule has 64 heavy (non-hydrogen) atoms. The fraction of sp³-hybridized carbons (Fsp3) is 0.948. The van der Waals surface area contributed by atoms with Crippen molar-refractivity contribution in [2.75, 3.05) is 13.2 Å². The molecule has 0 rings (SSSR count). The molecule has 2 atom stereocenters. The van der Waals surface area contributed by atoms with Gasteiger partial charge in [0, 0.05) is 19.3 Å². The van der Waals surface area contributed by atoms with E-state index in [-0.39, 0.29) is 31.1 Å². The number of ether oxygens (including phenoxy) is 3. The van der Waals surface area contributed by atoms with Crippen LogP contribution in [0.15, 0.2) is 0 Å². The lowest BCUT2D eigenvalue weighted by Crippen LogP contribution is -2.30. The molecule has 1 unspecified atom stereocenters. The maximum Gasteiger partial charge on any atom is 0.306 e. The second-order valence-corrected chi connectivity index (χ2v) is 20.2. The average Bonchev–Trinajstić information content (AvgIpc) is 3.29. The molecule has 0 heterocycles. The Morgan fingerprint density at radius 1 is 0.312 bits per heavy atom. The van der Waals surface area contributed by atoms with Gasteiger partial charge in [-0.15, -0.1) is 0 Å². The fourth-order valence-corrected chi connectivity index (χ4v) is 8.89. The van der Waals surface area contributed by atoms with Crippen molar-refractivity contribution in [1.82, 2.24) is 0 Å². The van der Waals surface area contributed by atoms with Crippen LogP contribution in [0.4, 0.5) is 0 Å². The van der Waals surface area contributed by atoms with Gasteiger partial charge >= 0.3 is 17.9 Å². The van der Waals surface area contributed by atoms with E-state index in [1.54, 1.807) is 0 Å². The molecule has 6 nitrogen and oxygen atoms in total. The third kappa shape index (κ3) is 49.8. The van der Waals surface area contributed by atoms with Crippen molar-refractivity contribution in [3.8, 4) is 0 Å². The molecule has 0 aliphatic carbocycles. The molecule has 0 aliphatic rings. The molecule has 0 aromatic carbocycles. The smallest absolute Gasteiger partial charge is 0.306 e. The van der Waals surface area contributed by atoms with Gasteiger partial charge in [0.05, 0.1) is 0 Å². The van der Waals surface area contributed by atoms with Crippen LogP contribution in [0.25, 0.3) is 0 Å². The molecule has 380 valence electrons. The molecule has 0 saturated heterocycles. The highest BCUT2D eigenvalue weighted by atomic mass is 16.6. The van der Waals surface area contributed by atoms with Crippen LogP contribution in [0.3, 0.4) is 0 Å². The first-order valence-corrected chi connectivity index (χ1v) is 28.9. The summed E-state index contributed by atoms with van der Waals surface area (Å²) < 4.78 is 16.9. The highest BCUT2D eigenvalue weighted by Gasteiger charge is 2.19. The predicted molar refractivity (Wildman–Crippen MR) is 275 cm³/mol. The number of hydrogen-bond acceptors (Lipinski definition) is 6. The third-order valence-corrected chi connectivity index (χ3v) is 13.7. The van der Waals surface area contributed by atoms with Gasteiger partial charge in [0.25, 0.3) is 0 Å². The van der Waals surface area contributed by atoms with Crippen LogP contribution in [-0.2, 0) is 28.6 Å². The predicted octanol–water partition coefficient (Wildman–Crippen LogP) is 19.0. The SMILES string of the molecule is CCCCCCCCCCCCCCCCCCCCCC(=O)OC[C@@H](COC(=O)CCCCCCCCC(C)CC)OC(=O)CCCCCCCCCCCCCCCCCCC. The zero-order chi connectivity index (χ0) is 46.7. The molecule has 0 aromatic heterocycles. The zero-order valence-electron chi connectivity index (χ0n) is 43.8. The summed E-state index contributed by atoms with van der Waals surface area (Å²) >= 11 is 0. The van der Waals surface area contributed by atoms with Gasteiger partial charge in [0.15, 0.2) is 6.10 Å². The van der Waals surface area contributed by atoms with E-state index in [1.807, 2.05) is 0 Å². The van der Waals surface area contributed by atoms with E-state index in [0.717, 1.165) is 63.7 Å². The van der Waals surface area contributed by atoms with Crippen molar-refractivity contribution >= 4 is 17.9 Å². The van der Waals surface area contributed by atoms with Gasteiger partial charge < -0.3 is 14.2 Å². The maximum atomic E-state index is 12.8. The van der Waals surface area contributed by atoms with Crippen LogP contribution in [0, 0.1) is 5.92 Å². The molecule has 0 amide bonds. The lowest BCUT2D eigenvalue weighted by molar-refractivity contribution is -0.167. The largest absolute Gasteiger partial charge is 0.462 e. The second-order valence-electron chi connectivity index (χ2n) is 20.2. The van der Waals surface area contributed by atoms with Crippen molar-refractivity contribution in [2.45, 2.75) is 336 Å². The maximum absolute atomic E-state index is 12.8. The standard InChI is InChI=1S/C58H112O6/c1-5-8-10-12-14-16-18-20-22-24-25-27-28-30-32-34-36-41-45-49-56(59)62-52-55(53-63-57(60)50-46-42-39-38-40-44-48-54(4)7-3)64-58(61)51-47-43-37-35-33-31-29-26-23-21-19-17-15-13-11-9-6-2/h54-55H,5-53H2,1-4H3/t54?,55-/m0/s1. The number of rotatable bonds is 53. The summed E-state index contributed by atoms with van der Waals surface area (Å²) in [5.74, 6) is -0.0263. The van der Waals surface area contributed by atoms with Gasteiger partial charge in [-0.05, 0) is 25.2 Å². The Balaban J connectivity index is 4.23. The van der Waals surface area contributed by atoms with E-state index in [4.69, 9.17) is 14.2 Å². The molecule has 0 aromatic rings. The van der Waals surface area contributed by atoms with Gasteiger partial charge in [-0.2, -0.15) is 0 Å². The van der Waals surface area contributed by atoms with Crippen molar-refractivity contribution in [3.05, 3.63) is 0 Å². The topological polar surface area (TPSA) is 78.9 Å². The summed E-state index contributed by atoms with van der Waals surface area (Å²) in [6, 6.07) is 0. The summed E-state index contributed by atoms with van der Waals surface area (Å²) in [5, 5.41) is 0. The number of unbranched alkanes of at least 4 members (excludes halogenated alkanes) is 39. The molecule has 6 heteroatoms.